The summed E-state index contributed by atoms with van der Waals surface area (Å²) in [5, 5.41) is 3.46. The van der Waals surface area contributed by atoms with E-state index in [0.29, 0.717) is 6.04 Å². The zero-order valence-corrected chi connectivity index (χ0v) is 12.4. The van der Waals surface area contributed by atoms with Gasteiger partial charge in [-0.05, 0) is 62.4 Å². The zero-order chi connectivity index (χ0) is 14.1. The van der Waals surface area contributed by atoms with Gasteiger partial charge in [0.1, 0.15) is 5.82 Å². The van der Waals surface area contributed by atoms with Gasteiger partial charge in [-0.3, -0.25) is 0 Å². The topological polar surface area (TPSA) is 37.8 Å². The molecular formula is C17H21N3. The molecule has 1 aromatic carbocycles. The van der Waals surface area contributed by atoms with Crippen molar-refractivity contribution in [1.82, 2.24) is 15.3 Å². The van der Waals surface area contributed by atoms with Gasteiger partial charge in [-0.15, -0.1) is 0 Å². The number of aryl methyl sites for hydroxylation is 3. The Morgan fingerprint density at radius 1 is 1.10 bits per heavy atom. The fourth-order valence-corrected chi connectivity index (χ4v) is 2.39. The number of hydrogen-bond donors (Lipinski definition) is 1. The van der Waals surface area contributed by atoms with Crippen molar-refractivity contribution >= 4 is 0 Å². The fraction of sp³-hybridized carbons (Fsp3) is 0.412. The van der Waals surface area contributed by atoms with Crippen molar-refractivity contribution in [2.45, 2.75) is 46.2 Å². The van der Waals surface area contributed by atoms with Gasteiger partial charge in [0.25, 0.3) is 0 Å². The van der Waals surface area contributed by atoms with Crippen LogP contribution < -0.4 is 5.32 Å². The van der Waals surface area contributed by atoms with Gasteiger partial charge in [0.05, 0.1) is 12.2 Å². The molecule has 3 heteroatoms. The van der Waals surface area contributed by atoms with Gasteiger partial charge in [-0.1, -0.05) is 6.07 Å². The van der Waals surface area contributed by atoms with E-state index in [1.165, 1.54) is 35.1 Å². The van der Waals surface area contributed by atoms with E-state index in [4.69, 9.17) is 4.98 Å². The first kappa shape index (κ1) is 13.3. The van der Waals surface area contributed by atoms with Crippen LogP contribution in [0, 0.1) is 20.8 Å². The Kier molecular flexibility index (Phi) is 3.53. The lowest BCUT2D eigenvalue weighted by Crippen LogP contribution is -2.17. The highest BCUT2D eigenvalue weighted by molar-refractivity contribution is 5.65. The average Bonchev–Trinajstić information content (AvgIpc) is 3.25. The van der Waals surface area contributed by atoms with E-state index in [-0.39, 0.29) is 0 Å². The summed E-state index contributed by atoms with van der Waals surface area (Å²) < 4.78 is 0. The molecule has 0 atom stereocenters. The largest absolute Gasteiger partial charge is 0.307 e. The molecule has 1 fully saturated rings. The Morgan fingerprint density at radius 2 is 1.85 bits per heavy atom. The number of nitrogens with one attached hydrogen (secondary N) is 1. The fourth-order valence-electron chi connectivity index (χ4n) is 2.39. The van der Waals surface area contributed by atoms with Crippen LogP contribution in [0.5, 0.6) is 0 Å². The van der Waals surface area contributed by atoms with Crippen molar-refractivity contribution in [3.63, 3.8) is 0 Å². The standard InChI is InChI=1S/C17H21N3/c1-11-8-13(3)15(9-12(11)2)16-6-7-18-17(20-16)10-19-14-4-5-14/h6-9,14,19H,4-5,10H2,1-3H3. The smallest absolute Gasteiger partial charge is 0.142 e. The molecule has 3 nitrogen and oxygen atoms in total. The maximum atomic E-state index is 4.70. The second-order valence-corrected chi connectivity index (χ2v) is 5.76. The third kappa shape index (κ3) is 2.88. The van der Waals surface area contributed by atoms with E-state index < -0.39 is 0 Å². The van der Waals surface area contributed by atoms with E-state index in [9.17, 15) is 0 Å². The van der Waals surface area contributed by atoms with Crippen molar-refractivity contribution in [2.24, 2.45) is 0 Å². The Morgan fingerprint density at radius 3 is 2.60 bits per heavy atom. The molecule has 2 aromatic rings. The molecule has 0 saturated heterocycles. The lowest BCUT2D eigenvalue weighted by atomic mass is 9.99. The minimum atomic E-state index is 0.686. The van der Waals surface area contributed by atoms with E-state index in [1.807, 2.05) is 12.3 Å². The van der Waals surface area contributed by atoms with Gasteiger partial charge in [0.15, 0.2) is 0 Å². The molecular weight excluding hydrogens is 246 g/mol. The van der Waals surface area contributed by atoms with Crippen LogP contribution in [0.1, 0.15) is 35.4 Å². The first-order valence-corrected chi connectivity index (χ1v) is 7.27. The summed E-state index contributed by atoms with van der Waals surface area (Å²) >= 11 is 0. The summed E-state index contributed by atoms with van der Waals surface area (Å²) in [7, 11) is 0. The molecule has 0 aliphatic heterocycles. The van der Waals surface area contributed by atoms with Crippen LogP contribution in [0.2, 0.25) is 0 Å². The Hall–Kier alpha value is -1.74. The van der Waals surface area contributed by atoms with Gasteiger partial charge < -0.3 is 5.32 Å². The van der Waals surface area contributed by atoms with Gasteiger partial charge >= 0.3 is 0 Å². The van der Waals surface area contributed by atoms with Crippen LogP contribution in [0.4, 0.5) is 0 Å². The summed E-state index contributed by atoms with van der Waals surface area (Å²) in [6.45, 7) is 7.21. The minimum absolute atomic E-state index is 0.686. The predicted molar refractivity (Wildman–Crippen MR) is 81.5 cm³/mol. The molecule has 1 saturated carbocycles. The van der Waals surface area contributed by atoms with Crippen LogP contribution in [0.15, 0.2) is 24.4 Å². The number of aromatic nitrogens is 2. The Labute approximate surface area is 120 Å². The van der Waals surface area contributed by atoms with Crippen LogP contribution in [0.3, 0.4) is 0 Å². The van der Waals surface area contributed by atoms with Crippen LogP contribution >= 0.6 is 0 Å². The molecule has 1 aliphatic carbocycles. The quantitative estimate of drug-likeness (QED) is 0.923. The lowest BCUT2D eigenvalue weighted by Gasteiger charge is -2.10. The molecule has 0 unspecified atom stereocenters. The number of benzene rings is 1. The molecule has 20 heavy (non-hydrogen) atoms. The summed E-state index contributed by atoms with van der Waals surface area (Å²) in [5.74, 6) is 0.882. The normalized spacial score (nSPS) is 14.6. The molecule has 1 aliphatic rings. The third-order valence-electron chi connectivity index (χ3n) is 3.95. The van der Waals surface area contributed by atoms with Crippen molar-refractivity contribution in [1.29, 1.82) is 0 Å². The number of rotatable bonds is 4. The molecule has 1 N–H and O–H groups in total. The van der Waals surface area contributed by atoms with Crippen molar-refractivity contribution in [3.8, 4) is 11.3 Å². The highest BCUT2D eigenvalue weighted by atomic mass is 15.0. The molecule has 3 rings (SSSR count). The van der Waals surface area contributed by atoms with E-state index >= 15 is 0 Å². The first-order chi connectivity index (χ1) is 9.63. The van der Waals surface area contributed by atoms with E-state index in [0.717, 1.165) is 18.1 Å². The molecule has 0 amide bonds. The summed E-state index contributed by atoms with van der Waals surface area (Å²) in [5.41, 5.74) is 6.14. The molecule has 1 aromatic heterocycles. The minimum Gasteiger partial charge on any atom is -0.307 e. The monoisotopic (exact) mass is 267 g/mol. The van der Waals surface area contributed by atoms with Crippen LogP contribution in [-0.2, 0) is 6.54 Å². The number of nitrogens with zero attached hydrogens (tertiary/aromatic N) is 2. The lowest BCUT2D eigenvalue weighted by molar-refractivity contribution is 0.658. The summed E-state index contributed by atoms with van der Waals surface area (Å²) in [6.07, 6.45) is 4.44. The van der Waals surface area contributed by atoms with Gasteiger partial charge in [0.2, 0.25) is 0 Å². The van der Waals surface area contributed by atoms with Gasteiger partial charge in [0, 0.05) is 17.8 Å². The van der Waals surface area contributed by atoms with Crippen molar-refractivity contribution in [3.05, 3.63) is 46.9 Å². The second kappa shape index (κ2) is 5.33. The second-order valence-electron chi connectivity index (χ2n) is 5.76. The average molecular weight is 267 g/mol. The highest BCUT2D eigenvalue weighted by Crippen LogP contribution is 2.25. The van der Waals surface area contributed by atoms with E-state index in [1.54, 1.807) is 0 Å². The van der Waals surface area contributed by atoms with Crippen molar-refractivity contribution in [2.75, 3.05) is 0 Å². The molecule has 0 radical (unpaired) electrons. The highest BCUT2D eigenvalue weighted by Gasteiger charge is 2.20. The van der Waals surface area contributed by atoms with Crippen LogP contribution in [0.25, 0.3) is 11.3 Å². The van der Waals surface area contributed by atoms with Crippen molar-refractivity contribution < 1.29 is 0 Å². The van der Waals surface area contributed by atoms with Gasteiger partial charge in [-0.2, -0.15) is 0 Å². The molecule has 0 bridgehead atoms. The SMILES string of the molecule is Cc1cc(C)c(-c2ccnc(CNC3CC3)n2)cc1C. The first-order valence-electron chi connectivity index (χ1n) is 7.27. The third-order valence-corrected chi connectivity index (χ3v) is 3.95. The van der Waals surface area contributed by atoms with Gasteiger partial charge in [-0.25, -0.2) is 9.97 Å². The number of hydrogen-bond acceptors (Lipinski definition) is 3. The Balaban J connectivity index is 1.89. The maximum absolute atomic E-state index is 4.70. The summed E-state index contributed by atoms with van der Waals surface area (Å²) in [4.78, 5) is 9.06. The Bertz CT molecular complexity index is 630. The zero-order valence-electron chi connectivity index (χ0n) is 12.4. The predicted octanol–water partition coefficient (Wildman–Crippen LogP) is 3.32. The summed E-state index contributed by atoms with van der Waals surface area (Å²) in [6, 6.07) is 7.14. The maximum Gasteiger partial charge on any atom is 0.142 e. The molecule has 0 spiro atoms. The van der Waals surface area contributed by atoms with Crippen LogP contribution in [-0.4, -0.2) is 16.0 Å². The molecule has 104 valence electrons. The molecule has 1 heterocycles. The van der Waals surface area contributed by atoms with E-state index in [2.05, 4.69) is 43.2 Å².